The van der Waals surface area contributed by atoms with Crippen LogP contribution in [0.4, 0.5) is 0 Å². The molecule has 1 aromatic rings. The molecule has 17 heavy (non-hydrogen) atoms. The largest absolute Gasteiger partial charge is 0.497 e. The Morgan fingerprint density at radius 3 is 2.71 bits per heavy atom. The fourth-order valence-corrected chi connectivity index (χ4v) is 1.98. The molecule has 0 heterocycles. The summed E-state index contributed by atoms with van der Waals surface area (Å²) in [5, 5.41) is 0. The van der Waals surface area contributed by atoms with Crippen LogP contribution < -0.4 is 4.74 Å². The summed E-state index contributed by atoms with van der Waals surface area (Å²) in [7, 11) is 1.62. The van der Waals surface area contributed by atoms with Gasteiger partial charge in [0.1, 0.15) is 5.75 Å². The number of carbonyl (C=O) groups is 1. The highest BCUT2D eigenvalue weighted by Gasteiger charge is 2.17. The van der Waals surface area contributed by atoms with Gasteiger partial charge in [0, 0.05) is 11.5 Å². The first kappa shape index (κ1) is 13.8. The Labute approximate surface area is 104 Å². The van der Waals surface area contributed by atoms with Crippen molar-refractivity contribution in [3.05, 3.63) is 29.8 Å². The Morgan fingerprint density at radius 2 is 2.12 bits per heavy atom. The fraction of sp³-hybridized carbons (Fsp3) is 0.533. The van der Waals surface area contributed by atoms with E-state index in [-0.39, 0.29) is 11.7 Å². The van der Waals surface area contributed by atoms with E-state index in [1.54, 1.807) is 7.11 Å². The monoisotopic (exact) mass is 234 g/mol. The zero-order chi connectivity index (χ0) is 12.7. The first-order valence-electron chi connectivity index (χ1n) is 6.41. The van der Waals surface area contributed by atoms with Gasteiger partial charge in [-0.15, -0.1) is 0 Å². The van der Waals surface area contributed by atoms with Gasteiger partial charge in [0.15, 0.2) is 5.78 Å². The minimum Gasteiger partial charge on any atom is -0.497 e. The standard InChI is InChI=1S/C15H22O2/c1-4-6-8-12(5-2)15(16)13-9-7-10-14(11-13)17-3/h7,9-12H,4-6,8H2,1-3H3. The van der Waals surface area contributed by atoms with Crippen LogP contribution in [0.2, 0.25) is 0 Å². The summed E-state index contributed by atoms with van der Waals surface area (Å²) in [5.74, 6) is 1.16. The Balaban J connectivity index is 2.78. The third kappa shape index (κ3) is 3.88. The van der Waals surface area contributed by atoms with Crippen molar-refractivity contribution >= 4 is 5.78 Å². The molecule has 0 saturated heterocycles. The molecule has 0 fully saturated rings. The third-order valence-electron chi connectivity index (χ3n) is 3.12. The summed E-state index contributed by atoms with van der Waals surface area (Å²) in [5.41, 5.74) is 0.771. The molecule has 1 atom stereocenters. The van der Waals surface area contributed by atoms with Crippen LogP contribution in [0.3, 0.4) is 0 Å². The lowest BCUT2D eigenvalue weighted by atomic mass is 9.90. The molecule has 0 spiro atoms. The maximum atomic E-state index is 12.3. The number of benzene rings is 1. The maximum absolute atomic E-state index is 12.3. The maximum Gasteiger partial charge on any atom is 0.166 e. The normalized spacial score (nSPS) is 12.2. The molecule has 1 aromatic carbocycles. The van der Waals surface area contributed by atoms with Crippen molar-refractivity contribution in [3.63, 3.8) is 0 Å². The topological polar surface area (TPSA) is 26.3 Å². The van der Waals surface area contributed by atoms with Gasteiger partial charge in [-0.1, -0.05) is 38.8 Å². The van der Waals surface area contributed by atoms with Crippen molar-refractivity contribution in [1.29, 1.82) is 0 Å². The van der Waals surface area contributed by atoms with Crippen molar-refractivity contribution in [3.8, 4) is 5.75 Å². The smallest absolute Gasteiger partial charge is 0.166 e. The first-order valence-corrected chi connectivity index (χ1v) is 6.41. The van der Waals surface area contributed by atoms with E-state index >= 15 is 0 Å². The summed E-state index contributed by atoms with van der Waals surface area (Å²) < 4.78 is 5.15. The molecule has 0 aliphatic rings. The zero-order valence-corrected chi connectivity index (χ0v) is 11.0. The van der Waals surface area contributed by atoms with Crippen molar-refractivity contribution in [1.82, 2.24) is 0 Å². The second kappa shape index (κ2) is 7.10. The van der Waals surface area contributed by atoms with Crippen LogP contribution in [-0.2, 0) is 0 Å². The number of ketones is 1. The Hall–Kier alpha value is -1.31. The molecule has 0 N–H and O–H groups in total. The highest BCUT2D eigenvalue weighted by molar-refractivity contribution is 5.98. The van der Waals surface area contributed by atoms with Crippen molar-refractivity contribution < 1.29 is 9.53 Å². The van der Waals surface area contributed by atoms with E-state index < -0.39 is 0 Å². The first-order chi connectivity index (χ1) is 8.22. The molecule has 0 bridgehead atoms. The lowest BCUT2D eigenvalue weighted by Crippen LogP contribution is -2.14. The number of unbranched alkanes of at least 4 members (excludes halogenated alkanes) is 1. The van der Waals surface area contributed by atoms with E-state index in [4.69, 9.17) is 4.74 Å². The average Bonchev–Trinajstić information content (AvgIpc) is 2.39. The summed E-state index contributed by atoms with van der Waals surface area (Å²) in [6.07, 6.45) is 4.16. The van der Waals surface area contributed by atoms with Gasteiger partial charge in [0.2, 0.25) is 0 Å². The lowest BCUT2D eigenvalue weighted by molar-refractivity contribution is 0.0908. The molecule has 1 unspecified atom stereocenters. The molecule has 1 rings (SSSR count). The second-order valence-electron chi connectivity index (χ2n) is 4.34. The third-order valence-corrected chi connectivity index (χ3v) is 3.12. The molecule has 0 aliphatic carbocycles. The average molecular weight is 234 g/mol. The molecule has 0 radical (unpaired) electrons. The lowest BCUT2D eigenvalue weighted by Gasteiger charge is -2.13. The van der Waals surface area contributed by atoms with Crippen molar-refractivity contribution in [2.45, 2.75) is 39.5 Å². The number of Topliss-reactive ketones (excluding diaryl/α,β-unsaturated/α-hetero) is 1. The minimum atomic E-state index is 0.155. The van der Waals surface area contributed by atoms with Crippen LogP contribution in [0.25, 0.3) is 0 Å². The van der Waals surface area contributed by atoms with Gasteiger partial charge in [-0.05, 0) is 25.0 Å². The highest BCUT2D eigenvalue weighted by Crippen LogP contribution is 2.21. The predicted molar refractivity (Wildman–Crippen MR) is 70.6 cm³/mol. The minimum absolute atomic E-state index is 0.155. The molecule has 2 nitrogen and oxygen atoms in total. The molecule has 0 saturated carbocycles. The van der Waals surface area contributed by atoms with Crippen LogP contribution in [0, 0.1) is 5.92 Å². The molecular formula is C15H22O2. The number of hydrogen-bond acceptors (Lipinski definition) is 2. The van der Waals surface area contributed by atoms with Gasteiger partial charge in [-0.3, -0.25) is 4.79 Å². The highest BCUT2D eigenvalue weighted by atomic mass is 16.5. The Kier molecular flexibility index (Phi) is 5.75. The summed E-state index contributed by atoms with van der Waals surface area (Å²) >= 11 is 0. The van der Waals surface area contributed by atoms with Crippen LogP contribution in [0.15, 0.2) is 24.3 Å². The predicted octanol–water partition coefficient (Wildman–Crippen LogP) is 4.09. The quantitative estimate of drug-likeness (QED) is 0.664. The molecule has 0 aliphatic heterocycles. The Bertz CT molecular complexity index is 358. The SMILES string of the molecule is CCCCC(CC)C(=O)c1cccc(OC)c1. The van der Waals surface area contributed by atoms with E-state index in [0.29, 0.717) is 0 Å². The van der Waals surface area contributed by atoms with Gasteiger partial charge in [0.25, 0.3) is 0 Å². The van der Waals surface area contributed by atoms with Crippen molar-refractivity contribution in [2.24, 2.45) is 5.92 Å². The van der Waals surface area contributed by atoms with Crippen molar-refractivity contribution in [2.75, 3.05) is 7.11 Å². The number of rotatable bonds is 7. The van der Waals surface area contributed by atoms with E-state index in [2.05, 4.69) is 13.8 Å². The molecule has 94 valence electrons. The van der Waals surface area contributed by atoms with E-state index in [0.717, 1.165) is 37.0 Å². The van der Waals surface area contributed by atoms with Gasteiger partial charge < -0.3 is 4.74 Å². The second-order valence-corrected chi connectivity index (χ2v) is 4.34. The molecule has 0 amide bonds. The van der Waals surface area contributed by atoms with Crippen LogP contribution in [-0.4, -0.2) is 12.9 Å². The number of carbonyl (C=O) groups excluding carboxylic acids is 1. The van der Waals surface area contributed by atoms with Gasteiger partial charge in [-0.2, -0.15) is 0 Å². The van der Waals surface area contributed by atoms with Gasteiger partial charge in [-0.25, -0.2) is 0 Å². The van der Waals surface area contributed by atoms with Gasteiger partial charge >= 0.3 is 0 Å². The number of methoxy groups -OCH3 is 1. The fourth-order valence-electron chi connectivity index (χ4n) is 1.98. The number of ether oxygens (including phenoxy) is 1. The van der Waals surface area contributed by atoms with Crippen LogP contribution in [0.1, 0.15) is 49.9 Å². The van der Waals surface area contributed by atoms with Gasteiger partial charge in [0.05, 0.1) is 7.11 Å². The number of hydrogen-bond donors (Lipinski definition) is 0. The zero-order valence-electron chi connectivity index (χ0n) is 11.0. The van der Waals surface area contributed by atoms with Crippen LogP contribution in [0.5, 0.6) is 5.75 Å². The molecule has 2 heteroatoms. The summed E-state index contributed by atoms with van der Waals surface area (Å²) in [6.45, 7) is 4.24. The van der Waals surface area contributed by atoms with E-state index in [1.807, 2.05) is 24.3 Å². The van der Waals surface area contributed by atoms with E-state index in [1.165, 1.54) is 0 Å². The van der Waals surface area contributed by atoms with Crippen LogP contribution >= 0.6 is 0 Å². The van der Waals surface area contributed by atoms with E-state index in [9.17, 15) is 4.79 Å². The summed E-state index contributed by atoms with van der Waals surface area (Å²) in [6, 6.07) is 7.44. The molecular weight excluding hydrogens is 212 g/mol. The Morgan fingerprint density at radius 1 is 1.35 bits per heavy atom. The molecule has 0 aromatic heterocycles. The summed E-state index contributed by atoms with van der Waals surface area (Å²) in [4.78, 5) is 12.3.